The Labute approximate surface area is 216 Å². The third-order valence-corrected chi connectivity index (χ3v) is 6.82. The van der Waals surface area contributed by atoms with Gasteiger partial charge in [-0.1, -0.05) is 119 Å². The molecular formula is C31H50BNO2. The van der Waals surface area contributed by atoms with Crippen LogP contribution in [-0.2, 0) is 4.65 Å². The zero-order chi connectivity index (χ0) is 24.8. The van der Waals surface area contributed by atoms with Gasteiger partial charge < -0.3 is 14.6 Å². The van der Waals surface area contributed by atoms with Crippen LogP contribution < -0.4 is 5.46 Å². The Kier molecular flexibility index (Phi) is 17.2. The van der Waals surface area contributed by atoms with Crippen LogP contribution in [0.15, 0.2) is 66.4 Å². The summed E-state index contributed by atoms with van der Waals surface area (Å²) >= 11 is 0. The van der Waals surface area contributed by atoms with E-state index in [9.17, 15) is 5.02 Å². The van der Waals surface area contributed by atoms with Crippen molar-refractivity contribution in [1.82, 2.24) is 4.90 Å². The van der Waals surface area contributed by atoms with Crippen molar-refractivity contribution < 1.29 is 9.68 Å². The summed E-state index contributed by atoms with van der Waals surface area (Å²) in [5.41, 5.74) is 2.13. The summed E-state index contributed by atoms with van der Waals surface area (Å²) in [6.45, 7) is 4.90. The maximum atomic E-state index is 10.2. The highest BCUT2D eigenvalue weighted by atomic mass is 16.5. The largest absolute Gasteiger partial charge is 0.491 e. The lowest BCUT2D eigenvalue weighted by molar-refractivity contribution is 0.254. The Morgan fingerprint density at radius 3 is 2.17 bits per heavy atom. The molecule has 1 N–H and O–H groups in total. The van der Waals surface area contributed by atoms with Gasteiger partial charge in [0.1, 0.15) is 0 Å². The summed E-state index contributed by atoms with van der Waals surface area (Å²) < 4.78 is 5.67. The van der Waals surface area contributed by atoms with E-state index in [2.05, 4.69) is 42.2 Å². The minimum atomic E-state index is -0.847. The number of nitrogens with zero attached hydrogens (tertiary/aromatic N) is 1. The third kappa shape index (κ3) is 14.4. The molecule has 194 valence electrons. The highest BCUT2D eigenvalue weighted by Gasteiger charge is 2.17. The SMILES string of the molecule is CCCCCCCCC=CCCCCCCCCN1CC=CC=C1CCOB(O)c1ccccc1. The van der Waals surface area contributed by atoms with Crippen LogP contribution in [0.25, 0.3) is 0 Å². The standard InChI is InChI=1S/C31H50BNO2/c1-2-3-4-5-6-7-8-9-10-11-12-13-14-15-16-21-27-33-28-22-20-25-31(33)26-29-35-32(34)30-23-18-17-19-24-30/h9-10,17-20,22-25,34H,2-8,11-16,21,26-29H2,1H3. The van der Waals surface area contributed by atoms with Gasteiger partial charge in [-0.15, -0.1) is 0 Å². The van der Waals surface area contributed by atoms with E-state index in [1.165, 1.54) is 95.6 Å². The molecule has 1 heterocycles. The summed E-state index contributed by atoms with van der Waals surface area (Å²) in [7, 11) is -0.847. The van der Waals surface area contributed by atoms with Gasteiger partial charge in [-0.25, -0.2) is 0 Å². The Morgan fingerprint density at radius 1 is 0.857 bits per heavy atom. The molecule has 0 atom stereocenters. The number of hydrogen-bond donors (Lipinski definition) is 1. The highest BCUT2D eigenvalue weighted by molar-refractivity contribution is 6.59. The zero-order valence-corrected chi connectivity index (χ0v) is 22.4. The van der Waals surface area contributed by atoms with E-state index in [1.54, 1.807) is 0 Å². The van der Waals surface area contributed by atoms with Crippen molar-refractivity contribution in [3.63, 3.8) is 0 Å². The van der Waals surface area contributed by atoms with Crippen LogP contribution in [0.4, 0.5) is 0 Å². The normalized spacial score (nSPS) is 13.5. The first-order valence-corrected chi connectivity index (χ1v) is 14.4. The van der Waals surface area contributed by atoms with E-state index in [4.69, 9.17) is 4.65 Å². The molecule has 0 aliphatic carbocycles. The molecule has 0 spiro atoms. The number of benzene rings is 1. The van der Waals surface area contributed by atoms with Crippen molar-refractivity contribution in [3.8, 4) is 0 Å². The summed E-state index contributed by atoms with van der Waals surface area (Å²) in [5, 5.41) is 10.2. The van der Waals surface area contributed by atoms with Crippen LogP contribution in [-0.4, -0.2) is 36.7 Å². The molecule has 1 aliphatic heterocycles. The number of allylic oxidation sites excluding steroid dienone is 4. The first kappa shape index (κ1) is 29.5. The van der Waals surface area contributed by atoms with E-state index in [0.29, 0.717) is 6.61 Å². The van der Waals surface area contributed by atoms with Crippen molar-refractivity contribution in [2.75, 3.05) is 19.7 Å². The average molecular weight is 480 g/mol. The van der Waals surface area contributed by atoms with Crippen molar-refractivity contribution in [1.29, 1.82) is 0 Å². The van der Waals surface area contributed by atoms with Gasteiger partial charge in [0.2, 0.25) is 0 Å². The molecule has 3 nitrogen and oxygen atoms in total. The van der Waals surface area contributed by atoms with Gasteiger partial charge in [0, 0.05) is 31.8 Å². The number of rotatable bonds is 21. The average Bonchev–Trinajstić information content (AvgIpc) is 2.89. The summed E-state index contributed by atoms with van der Waals surface area (Å²) in [4.78, 5) is 2.47. The molecule has 35 heavy (non-hydrogen) atoms. The summed E-state index contributed by atoms with van der Waals surface area (Å²) in [5.74, 6) is 0. The fourth-order valence-corrected chi connectivity index (χ4v) is 4.61. The van der Waals surface area contributed by atoms with Gasteiger partial charge in [-0.05, 0) is 43.6 Å². The van der Waals surface area contributed by atoms with Crippen molar-refractivity contribution in [2.24, 2.45) is 0 Å². The Balaban J connectivity index is 1.44. The smallest absolute Gasteiger partial charge is 0.423 e. The zero-order valence-electron chi connectivity index (χ0n) is 22.4. The minimum absolute atomic E-state index is 0.527. The highest BCUT2D eigenvalue weighted by Crippen LogP contribution is 2.16. The predicted octanol–water partition coefficient (Wildman–Crippen LogP) is 7.57. The quantitative estimate of drug-likeness (QED) is 0.112. The van der Waals surface area contributed by atoms with E-state index in [0.717, 1.165) is 25.0 Å². The Morgan fingerprint density at radius 2 is 1.49 bits per heavy atom. The van der Waals surface area contributed by atoms with Crippen LogP contribution in [0.5, 0.6) is 0 Å². The van der Waals surface area contributed by atoms with Gasteiger partial charge in [0.25, 0.3) is 0 Å². The van der Waals surface area contributed by atoms with Crippen molar-refractivity contribution in [3.05, 3.63) is 66.4 Å². The summed E-state index contributed by atoms with van der Waals surface area (Å²) in [6.07, 6.45) is 31.1. The lowest BCUT2D eigenvalue weighted by atomic mass is 9.80. The van der Waals surface area contributed by atoms with E-state index < -0.39 is 7.12 Å². The fraction of sp³-hybridized carbons (Fsp3) is 0.613. The molecule has 0 radical (unpaired) electrons. The molecule has 1 aromatic carbocycles. The molecule has 0 saturated heterocycles. The van der Waals surface area contributed by atoms with Crippen LogP contribution in [0.3, 0.4) is 0 Å². The first-order valence-electron chi connectivity index (χ1n) is 14.4. The molecule has 0 amide bonds. The van der Waals surface area contributed by atoms with E-state index in [1.807, 2.05) is 30.3 Å². The topological polar surface area (TPSA) is 32.7 Å². The minimum Gasteiger partial charge on any atom is -0.423 e. The van der Waals surface area contributed by atoms with E-state index >= 15 is 0 Å². The van der Waals surface area contributed by atoms with Gasteiger partial charge in [0.05, 0.1) is 0 Å². The molecular weight excluding hydrogens is 429 g/mol. The molecule has 1 aromatic rings. The van der Waals surface area contributed by atoms with Gasteiger partial charge >= 0.3 is 7.12 Å². The molecule has 0 fully saturated rings. The van der Waals surface area contributed by atoms with Gasteiger partial charge in [-0.2, -0.15) is 0 Å². The molecule has 0 saturated carbocycles. The number of unbranched alkanes of at least 4 members (excludes halogenated alkanes) is 12. The molecule has 4 heteroatoms. The maximum Gasteiger partial charge on any atom is 0.491 e. The summed E-state index contributed by atoms with van der Waals surface area (Å²) in [6, 6.07) is 9.59. The maximum absolute atomic E-state index is 10.2. The third-order valence-electron chi connectivity index (χ3n) is 6.82. The molecule has 0 aromatic heterocycles. The van der Waals surface area contributed by atoms with Crippen molar-refractivity contribution >= 4 is 12.6 Å². The fourth-order valence-electron chi connectivity index (χ4n) is 4.61. The van der Waals surface area contributed by atoms with Crippen molar-refractivity contribution in [2.45, 2.75) is 103 Å². The molecule has 2 rings (SSSR count). The van der Waals surface area contributed by atoms with Crippen LogP contribution in [0.2, 0.25) is 0 Å². The Hall–Kier alpha value is -1.78. The molecule has 0 bridgehead atoms. The monoisotopic (exact) mass is 479 g/mol. The van der Waals surface area contributed by atoms with Crippen LogP contribution in [0, 0.1) is 0 Å². The number of hydrogen-bond acceptors (Lipinski definition) is 3. The second kappa shape index (κ2) is 20.4. The first-order chi connectivity index (χ1) is 17.3. The lowest BCUT2D eigenvalue weighted by Gasteiger charge is -2.28. The van der Waals surface area contributed by atoms with Gasteiger partial charge in [0.15, 0.2) is 0 Å². The van der Waals surface area contributed by atoms with E-state index in [-0.39, 0.29) is 0 Å². The Bertz CT molecular complexity index is 716. The van der Waals surface area contributed by atoms with Gasteiger partial charge in [-0.3, -0.25) is 0 Å². The second-order valence-corrected chi connectivity index (χ2v) is 9.85. The molecule has 1 aliphatic rings. The van der Waals surface area contributed by atoms with Crippen LogP contribution in [0.1, 0.15) is 103 Å². The van der Waals surface area contributed by atoms with Crippen LogP contribution >= 0.6 is 0 Å². The second-order valence-electron chi connectivity index (χ2n) is 9.85. The predicted molar refractivity (Wildman–Crippen MR) is 153 cm³/mol. The molecule has 0 unspecified atom stereocenters. The lowest BCUT2D eigenvalue weighted by Crippen LogP contribution is -2.34.